The second kappa shape index (κ2) is 4.85. The zero-order chi connectivity index (χ0) is 12.4. The Balaban J connectivity index is 1.69. The normalized spacial score (nSPS) is 20.2. The van der Waals surface area contributed by atoms with Crippen LogP contribution in [-0.4, -0.2) is 33.5 Å². The summed E-state index contributed by atoms with van der Waals surface area (Å²) in [7, 11) is 0. The van der Waals surface area contributed by atoms with Crippen LogP contribution >= 0.6 is 0 Å². The first-order valence-corrected chi connectivity index (χ1v) is 6.00. The zero-order valence-electron chi connectivity index (χ0n) is 10.1. The monoisotopic (exact) mass is 250 g/mol. The third-order valence-electron chi connectivity index (χ3n) is 2.88. The van der Waals surface area contributed by atoms with Crippen molar-refractivity contribution in [3.05, 3.63) is 23.4 Å². The van der Waals surface area contributed by atoms with Crippen LogP contribution in [0.4, 0.5) is 0 Å². The molecule has 1 saturated heterocycles. The van der Waals surface area contributed by atoms with Crippen LogP contribution in [0.5, 0.6) is 0 Å². The molecule has 1 aliphatic heterocycles. The molecule has 96 valence electrons. The van der Waals surface area contributed by atoms with Crippen molar-refractivity contribution < 1.29 is 13.8 Å². The average Bonchev–Trinajstić information content (AvgIpc) is 3.01. The molecule has 1 atom stereocenters. The Labute approximate surface area is 104 Å². The van der Waals surface area contributed by atoms with Gasteiger partial charge < -0.3 is 13.8 Å². The summed E-state index contributed by atoms with van der Waals surface area (Å²) >= 11 is 0. The highest BCUT2D eigenvalue weighted by Gasteiger charge is 2.22. The summed E-state index contributed by atoms with van der Waals surface area (Å²) in [6.07, 6.45) is 2.49. The minimum Gasteiger partial charge on any atom is -0.381 e. The Morgan fingerprint density at radius 1 is 1.17 bits per heavy atom. The van der Waals surface area contributed by atoms with Crippen LogP contribution in [0.2, 0.25) is 0 Å². The minimum absolute atomic E-state index is 0.215. The van der Waals surface area contributed by atoms with E-state index in [1.54, 1.807) is 6.92 Å². The van der Waals surface area contributed by atoms with Gasteiger partial charge in [-0.15, -0.1) is 0 Å². The van der Waals surface area contributed by atoms with Crippen molar-refractivity contribution in [2.45, 2.75) is 32.1 Å². The van der Waals surface area contributed by atoms with Crippen LogP contribution in [0.1, 0.15) is 42.2 Å². The molecule has 0 amide bonds. The van der Waals surface area contributed by atoms with E-state index in [0.717, 1.165) is 19.4 Å². The molecule has 2 aromatic rings. The third-order valence-corrected chi connectivity index (χ3v) is 2.88. The van der Waals surface area contributed by atoms with Gasteiger partial charge in [-0.3, -0.25) is 0 Å². The predicted molar refractivity (Wildman–Crippen MR) is 58.9 cm³/mol. The van der Waals surface area contributed by atoms with Crippen LogP contribution in [0.25, 0.3) is 0 Å². The van der Waals surface area contributed by atoms with Crippen molar-refractivity contribution in [1.82, 2.24) is 20.3 Å². The molecule has 0 spiro atoms. The minimum atomic E-state index is 0.215. The summed E-state index contributed by atoms with van der Waals surface area (Å²) in [4.78, 5) is 8.46. The second-order valence-corrected chi connectivity index (χ2v) is 4.37. The van der Waals surface area contributed by atoms with E-state index in [2.05, 4.69) is 20.3 Å². The molecule has 1 aliphatic rings. The molecule has 3 heterocycles. The molecule has 2 aromatic heterocycles. The van der Waals surface area contributed by atoms with Crippen molar-refractivity contribution in [2.24, 2.45) is 0 Å². The molecular weight excluding hydrogens is 236 g/mol. The molecule has 0 aromatic carbocycles. The lowest BCUT2D eigenvalue weighted by molar-refractivity contribution is 0.0705. The van der Waals surface area contributed by atoms with Crippen LogP contribution in [0.15, 0.2) is 9.05 Å². The highest BCUT2D eigenvalue weighted by atomic mass is 16.5. The quantitative estimate of drug-likeness (QED) is 0.809. The summed E-state index contributed by atoms with van der Waals surface area (Å²) < 4.78 is 15.5. The third kappa shape index (κ3) is 2.40. The fourth-order valence-corrected chi connectivity index (χ4v) is 2.00. The fraction of sp³-hybridized carbons (Fsp3) is 0.636. The first-order chi connectivity index (χ1) is 8.81. The summed E-state index contributed by atoms with van der Waals surface area (Å²) in [5.41, 5.74) is 0. The van der Waals surface area contributed by atoms with Crippen molar-refractivity contribution in [1.29, 1.82) is 0 Å². The number of rotatable bonds is 3. The van der Waals surface area contributed by atoms with Crippen LogP contribution in [0.3, 0.4) is 0 Å². The van der Waals surface area contributed by atoms with Gasteiger partial charge in [-0.05, 0) is 12.8 Å². The Kier molecular flexibility index (Phi) is 3.06. The van der Waals surface area contributed by atoms with Crippen molar-refractivity contribution in [3.63, 3.8) is 0 Å². The molecule has 0 radical (unpaired) electrons. The van der Waals surface area contributed by atoms with Crippen molar-refractivity contribution >= 4 is 0 Å². The molecule has 0 saturated carbocycles. The predicted octanol–water partition coefficient (Wildman–Crippen LogP) is 1.25. The van der Waals surface area contributed by atoms with E-state index in [4.69, 9.17) is 13.8 Å². The molecular formula is C11H14N4O3. The maximum atomic E-state index is 5.40. The summed E-state index contributed by atoms with van der Waals surface area (Å²) in [6, 6.07) is 0. The molecule has 0 N–H and O–H groups in total. The molecule has 1 fully saturated rings. The lowest BCUT2D eigenvalue weighted by atomic mass is 10.0. The van der Waals surface area contributed by atoms with Gasteiger partial charge in [0.25, 0.3) is 0 Å². The van der Waals surface area contributed by atoms with E-state index in [9.17, 15) is 0 Å². The van der Waals surface area contributed by atoms with Gasteiger partial charge in [0.15, 0.2) is 11.6 Å². The number of ether oxygens (including phenoxy) is 1. The van der Waals surface area contributed by atoms with Crippen LogP contribution in [0, 0.1) is 6.92 Å². The largest absolute Gasteiger partial charge is 0.381 e. The SMILES string of the molecule is Cc1nc(Cc2noc(C3CCCOC3)n2)no1. The highest BCUT2D eigenvalue weighted by molar-refractivity contribution is 5.01. The Bertz CT molecular complexity index is 516. The number of aromatic nitrogens is 4. The van der Waals surface area contributed by atoms with Gasteiger partial charge in [-0.25, -0.2) is 0 Å². The Hall–Kier alpha value is -1.76. The zero-order valence-corrected chi connectivity index (χ0v) is 10.1. The topological polar surface area (TPSA) is 87.1 Å². The van der Waals surface area contributed by atoms with E-state index in [1.807, 2.05) is 0 Å². The number of hydrogen-bond donors (Lipinski definition) is 0. The standard InChI is InChI=1S/C11H14N4O3/c1-7-12-9(14-17-7)5-10-13-11(18-15-10)8-3-2-4-16-6-8/h8H,2-6H2,1H3. The van der Waals surface area contributed by atoms with E-state index in [-0.39, 0.29) is 5.92 Å². The van der Waals surface area contributed by atoms with E-state index >= 15 is 0 Å². The molecule has 3 rings (SSSR count). The highest BCUT2D eigenvalue weighted by Crippen LogP contribution is 2.23. The molecule has 1 unspecified atom stereocenters. The van der Waals surface area contributed by atoms with Gasteiger partial charge in [0.1, 0.15) is 0 Å². The number of aryl methyl sites for hydroxylation is 1. The van der Waals surface area contributed by atoms with Gasteiger partial charge in [-0.1, -0.05) is 10.3 Å². The first-order valence-electron chi connectivity index (χ1n) is 6.00. The van der Waals surface area contributed by atoms with Crippen LogP contribution < -0.4 is 0 Å². The van der Waals surface area contributed by atoms with E-state index in [0.29, 0.717) is 36.5 Å². The maximum Gasteiger partial charge on any atom is 0.232 e. The van der Waals surface area contributed by atoms with Gasteiger partial charge in [0.05, 0.1) is 18.9 Å². The lowest BCUT2D eigenvalue weighted by Gasteiger charge is -2.17. The molecule has 18 heavy (non-hydrogen) atoms. The smallest absolute Gasteiger partial charge is 0.232 e. The van der Waals surface area contributed by atoms with Gasteiger partial charge in [0, 0.05) is 13.5 Å². The Morgan fingerprint density at radius 3 is 2.72 bits per heavy atom. The molecule has 0 aliphatic carbocycles. The van der Waals surface area contributed by atoms with Gasteiger partial charge >= 0.3 is 0 Å². The fourth-order valence-electron chi connectivity index (χ4n) is 2.00. The molecule has 7 heteroatoms. The summed E-state index contributed by atoms with van der Waals surface area (Å²) in [6.45, 7) is 3.22. The van der Waals surface area contributed by atoms with Crippen LogP contribution in [-0.2, 0) is 11.2 Å². The van der Waals surface area contributed by atoms with E-state index < -0.39 is 0 Å². The second-order valence-electron chi connectivity index (χ2n) is 4.37. The molecule has 0 bridgehead atoms. The Morgan fingerprint density at radius 2 is 2.00 bits per heavy atom. The summed E-state index contributed by atoms with van der Waals surface area (Å²) in [5, 5.41) is 7.73. The van der Waals surface area contributed by atoms with E-state index in [1.165, 1.54) is 0 Å². The molecule has 7 nitrogen and oxygen atoms in total. The first kappa shape index (κ1) is 11.3. The summed E-state index contributed by atoms with van der Waals surface area (Å²) in [5.74, 6) is 2.54. The maximum absolute atomic E-state index is 5.40. The van der Waals surface area contributed by atoms with Crippen molar-refractivity contribution in [2.75, 3.05) is 13.2 Å². The van der Waals surface area contributed by atoms with Gasteiger partial charge in [0.2, 0.25) is 11.8 Å². The van der Waals surface area contributed by atoms with Gasteiger partial charge in [-0.2, -0.15) is 9.97 Å². The lowest BCUT2D eigenvalue weighted by Crippen LogP contribution is -2.15. The van der Waals surface area contributed by atoms with Crippen molar-refractivity contribution in [3.8, 4) is 0 Å². The number of hydrogen-bond acceptors (Lipinski definition) is 7. The average molecular weight is 250 g/mol. The number of nitrogens with zero attached hydrogens (tertiary/aromatic N) is 4.